The highest BCUT2D eigenvalue weighted by atomic mass is 35.5. The number of likely N-dealkylation sites (tertiary alicyclic amines) is 1. The van der Waals surface area contributed by atoms with Crippen molar-refractivity contribution in [2.75, 3.05) is 40.0 Å². The van der Waals surface area contributed by atoms with Crippen molar-refractivity contribution >= 4 is 18.3 Å². The number of ether oxygens (including phenoxy) is 2. The topological polar surface area (TPSA) is 64.8 Å². The maximum Gasteiger partial charge on any atom is 0.227 e. The van der Waals surface area contributed by atoms with Crippen LogP contribution in [0, 0.1) is 11.8 Å². The lowest BCUT2D eigenvalue weighted by molar-refractivity contribution is -0.134. The molecule has 0 saturated carbocycles. The fourth-order valence-corrected chi connectivity index (χ4v) is 2.97. The third kappa shape index (κ3) is 5.74. The van der Waals surface area contributed by atoms with Crippen molar-refractivity contribution < 1.29 is 14.3 Å². The zero-order valence-corrected chi connectivity index (χ0v) is 15.3. The van der Waals surface area contributed by atoms with Crippen LogP contribution in [0.2, 0.25) is 0 Å². The summed E-state index contributed by atoms with van der Waals surface area (Å²) >= 11 is 0. The van der Waals surface area contributed by atoms with Gasteiger partial charge < -0.3 is 20.1 Å². The molecule has 0 aromatic heterocycles. The quantitative estimate of drug-likeness (QED) is 0.725. The van der Waals surface area contributed by atoms with E-state index < -0.39 is 0 Å². The van der Waals surface area contributed by atoms with E-state index in [1.54, 1.807) is 7.11 Å². The number of benzene rings is 1. The smallest absolute Gasteiger partial charge is 0.227 e. The maximum absolute atomic E-state index is 12.7. The van der Waals surface area contributed by atoms with Gasteiger partial charge in [0.25, 0.3) is 0 Å². The van der Waals surface area contributed by atoms with E-state index in [1.807, 2.05) is 42.2 Å². The number of hydrogen-bond acceptors (Lipinski definition) is 4. The molecule has 1 aliphatic heterocycles. The van der Waals surface area contributed by atoms with Crippen molar-refractivity contribution in [3.63, 3.8) is 0 Å². The first-order valence-corrected chi connectivity index (χ1v) is 8.29. The summed E-state index contributed by atoms with van der Waals surface area (Å²) in [6.45, 7) is 5.38. The predicted octanol–water partition coefficient (Wildman–Crippen LogP) is 2.26. The number of halogens is 1. The van der Waals surface area contributed by atoms with E-state index in [0.29, 0.717) is 25.7 Å². The van der Waals surface area contributed by atoms with Crippen LogP contribution in [0.3, 0.4) is 0 Å². The van der Waals surface area contributed by atoms with Crippen LogP contribution in [0.15, 0.2) is 30.3 Å². The molecule has 1 saturated heterocycles. The molecule has 5 nitrogen and oxygen atoms in total. The molecule has 1 aromatic rings. The molecule has 2 rings (SSSR count). The van der Waals surface area contributed by atoms with E-state index in [2.05, 4.69) is 0 Å². The minimum atomic E-state index is -0.263. The minimum absolute atomic E-state index is 0. The summed E-state index contributed by atoms with van der Waals surface area (Å²) in [6, 6.07) is 9.55. The van der Waals surface area contributed by atoms with Crippen LogP contribution in [-0.4, -0.2) is 50.8 Å². The van der Waals surface area contributed by atoms with Gasteiger partial charge in [0, 0.05) is 32.2 Å². The summed E-state index contributed by atoms with van der Waals surface area (Å²) in [6.07, 6.45) is 0.992. The lowest BCUT2D eigenvalue weighted by Gasteiger charge is -2.25. The third-order valence-electron chi connectivity index (χ3n) is 4.50. The molecule has 1 heterocycles. The van der Waals surface area contributed by atoms with Gasteiger partial charge >= 0.3 is 0 Å². The zero-order chi connectivity index (χ0) is 16.7. The van der Waals surface area contributed by atoms with Gasteiger partial charge in [-0.1, -0.05) is 37.3 Å². The van der Waals surface area contributed by atoms with E-state index in [9.17, 15) is 4.79 Å². The number of rotatable bonds is 8. The van der Waals surface area contributed by atoms with E-state index in [4.69, 9.17) is 15.2 Å². The van der Waals surface area contributed by atoms with Crippen molar-refractivity contribution in [1.82, 2.24) is 4.90 Å². The molecule has 1 amide bonds. The van der Waals surface area contributed by atoms with Crippen LogP contribution in [0.1, 0.15) is 24.9 Å². The number of hydrogen-bond donors (Lipinski definition) is 1. The Bertz CT molecular complexity index is 486. The average molecular weight is 357 g/mol. The monoisotopic (exact) mass is 356 g/mol. The van der Waals surface area contributed by atoms with E-state index in [-0.39, 0.29) is 30.3 Å². The Kier molecular flexibility index (Phi) is 9.29. The second kappa shape index (κ2) is 10.7. The van der Waals surface area contributed by atoms with Crippen molar-refractivity contribution in [2.24, 2.45) is 17.6 Å². The first-order chi connectivity index (χ1) is 11.1. The molecule has 1 aliphatic rings. The molecule has 2 N–H and O–H groups in total. The first kappa shape index (κ1) is 20.9. The number of nitrogens with zero attached hydrogens (tertiary/aromatic N) is 1. The van der Waals surface area contributed by atoms with Crippen molar-refractivity contribution in [3.8, 4) is 0 Å². The Labute approximate surface area is 150 Å². The Hall–Kier alpha value is -1.14. The Balaban J connectivity index is 0.00000288. The van der Waals surface area contributed by atoms with E-state index in [0.717, 1.165) is 25.1 Å². The molecular weight excluding hydrogens is 328 g/mol. The highest BCUT2D eigenvalue weighted by molar-refractivity contribution is 5.85. The fraction of sp³-hybridized carbons (Fsp3) is 0.611. The zero-order valence-electron chi connectivity index (χ0n) is 14.5. The molecule has 0 radical (unpaired) electrons. The summed E-state index contributed by atoms with van der Waals surface area (Å²) in [4.78, 5) is 14.6. The largest absolute Gasteiger partial charge is 0.382 e. The molecule has 1 aromatic carbocycles. The van der Waals surface area contributed by atoms with E-state index >= 15 is 0 Å². The summed E-state index contributed by atoms with van der Waals surface area (Å²) in [7, 11) is 1.66. The number of carbonyl (C=O) groups is 1. The van der Waals surface area contributed by atoms with E-state index in [1.165, 1.54) is 0 Å². The number of amides is 1. The van der Waals surface area contributed by atoms with Gasteiger partial charge in [-0.15, -0.1) is 12.4 Å². The molecule has 24 heavy (non-hydrogen) atoms. The molecular formula is C18H29ClN2O3. The molecule has 6 heteroatoms. The summed E-state index contributed by atoms with van der Waals surface area (Å²) in [5.74, 6) is 0.335. The Morgan fingerprint density at radius 2 is 2.04 bits per heavy atom. The van der Waals surface area contributed by atoms with Crippen LogP contribution in [0.4, 0.5) is 0 Å². The summed E-state index contributed by atoms with van der Waals surface area (Å²) < 4.78 is 10.5. The lowest BCUT2D eigenvalue weighted by atomic mass is 9.94. The fourth-order valence-electron chi connectivity index (χ4n) is 2.97. The maximum atomic E-state index is 12.7. The number of methoxy groups -OCH3 is 1. The van der Waals surface area contributed by atoms with Gasteiger partial charge in [-0.05, 0) is 12.0 Å². The highest BCUT2D eigenvalue weighted by Crippen LogP contribution is 2.24. The number of carbonyl (C=O) groups excluding carboxylic acids is 1. The van der Waals surface area contributed by atoms with Crippen molar-refractivity contribution in [3.05, 3.63) is 35.9 Å². The normalized spacial score (nSPS) is 19.6. The molecule has 136 valence electrons. The van der Waals surface area contributed by atoms with Crippen LogP contribution in [0.5, 0.6) is 0 Å². The molecule has 0 aliphatic carbocycles. The Morgan fingerprint density at radius 3 is 2.71 bits per heavy atom. The van der Waals surface area contributed by atoms with Gasteiger partial charge in [0.05, 0.1) is 25.7 Å². The van der Waals surface area contributed by atoms with Crippen LogP contribution < -0.4 is 5.73 Å². The average Bonchev–Trinajstić information content (AvgIpc) is 3.06. The second-order valence-electron chi connectivity index (χ2n) is 6.23. The SMILES string of the molecule is COCCOCC1CCN(C(=O)C(C)C(N)c2ccccc2)C1.Cl. The summed E-state index contributed by atoms with van der Waals surface area (Å²) in [5.41, 5.74) is 7.28. The van der Waals surface area contributed by atoms with Crippen LogP contribution in [-0.2, 0) is 14.3 Å². The first-order valence-electron chi connectivity index (χ1n) is 8.29. The molecule has 0 spiro atoms. The number of nitrogens with two attached hydrogens (primary N) is 1. The summed E-state index contributed by atoms with van der Waals surface area (Å²) in [5, 5.41) is 0. The molecule has 3 atom stereocenters. The predicted molar refractivity (Wildman–Crippen MR) is 97.2 cm³/mol. The van der Waals surface area contributed by atoms with Crippen LogP contribution in [0.25, 0.3) is 0 Å². The van der Waals surface area contributed by atoms with Gasteiger partial charge in [-0.3, -0.25) is 4.79 Å². The van der Waals surface area contributed by atoms with Crippen molar-refractivity contribution in [2.45, 2.75) is 19.4 Å². The van der Waals surface area contributed by atoms with Gasteiger partial charge in [0.2, 0.25) is 5.91 Å². The van der Waals surface area contributed by atoms with Crippen LogP contribution >= 0.6 is 12.4 Å². The van der Waals surface area contributed by atoms with Crippen molar-refractivity contribution in [1.29, 1.82) is 0 Å². The molecule has 1 fully saturated rings. The second-order valence-corrected chi connectivity index (χ2v) is 6.23. The minimum Gasteiger partial charge on any atom is -0.382 e. The van der Waals surface area contributed by atoms with Gasteiger partial charge in [0.15, 0.2) is 0 Å². The highest BCUT2D eigenvalue weighted by Gasteiger charge is 2.31. The Morgan fingerprint density at radius 1 is 1.33 bits per heavy atom. The van der Waals surface area contributed by atoms with Gasteiger partial charge in [-0.25, -0.2) is 0 Å². The molecule has 3 unspecified atom stereocenters. The third-order valence-corrected chi connectivity index (χ3v) is 4.50. The standard InChI is InChI=1S/C18H28N2O3.ClH/c1-14(17(19)16-6-4-3-5-7-16)18(21)20-9-8-15(12-20)13-23-11-10-22-2;/h3-7,14-15,17H,8-13,19H2,1-2H3;1H. The lowest BCUT2D eigenvalue weighted by Crippen LogP contribution is -2.38. The van der Waals surface area contributed by atoms with Gasteiger partial charge in [-0.2, -0.15) is 0 Å². The van der Waals surface area contributed by atoms with Gasteiger partial charge in [0.1, 0.15) is 0 Å². The molecule has 0 bridgehead atoms.